The standard InChI is InChI=1S/C29H27NO4/c1-3-4-16-33-22-9-7-8-21(17-22)26-25-27(31)23-10-5-6-11-24(23)34-28(25)29(32)30(26)18-20-14-12-19(2)13-15-20/h5-15,17,26H,3-4,16,18H2,1-2H3. The lowest BCUT2D eigenvalue weighted by molar-refractivity contribution is 0.0714. The summed E-state index contributed by atoms with van der Waals surface area (Å²) in [6.07, 6.45) is 2.01. The lowest BCUT2D eigenvalue weighted by atomic mass is 9.98. The van der Waals surface area contributed by atoms with Crippen LogP contribution in [0.5, 0.6) is 5.75 Å². The summed E-state index contributed by atoms with van der Waals surface area (Å²) < 4.78 is 11.9. The molecule has 4 aromatic rings. The fraction of sp³-hybridized carbons (Fsp3) is 0.241. The Labute approximate surface area is 198 Å². The molecular weight excluding hydrogens is 426 g/mol. The first kappa shape index (κ1) is 22.0. The van der Waals surface area contributed by atoms with Crippen molar-refractivity contribution in [2.75, 3.05) is 6.61 Å². The number of hydrogen-bond acceptors (Lipinski definition) is 4. The zero-order chi connectivity index (χ0) is 23.7. The summed E-state index contributed by atoms with van der Waals surface area (Å²) >= 11 is 0. The fourth-order valence-corrected chi connectivity index (χ4v) is 4.48. The molecule has 0 spiro atoms. The van der Waals surface area contributed by atoms with Gasteiger partial charge in [0.05, 0.1) is 23.6 Å². The average Bonchev–Trinajstić information content (AvgIpc) is 3.13. The second-order valence-electron chi connectivity index (χ2n) is 8.77. The molecule has 5 heteroatoms. The van der Waals surface area contributed by atoms with Crippen LogP contribution in [0.3, 0.4) is 0 Å². The number of unbranched alkanes of at least 4 members (excludes halogenated alkanes) is 1. The number of para-hydroxylation sites is 1. The van der Waals surface area contributed by atoms with Gasteiger partial charge in [0, 0.05) is 6.54 Å². The van der Waals surface area contributed by atoms with Crippen molar-refractivity contribution in [2.45, 2.75) is 39.3 Å². The van der Waals surface area contributed by atoms with Gasteiger partial charge in [0.1, 0.15) is 11.3 Å². The van der Waals surface area contributed by atoms with Crippen LogP contribution in [0.25, 0.3) is 11.0 Å². The minimum Gasteiger partial charge on any atom is -0.494 e. The molecule has 172 valence electrons. The zero-order valence-electron chi connectivity index (χ0n) is 19.4. The van der Waals surface area contributed by atoms with Crippen LogP contribution in [-0.2, 0) is 6.54 Å². The number of amides is 1. The molecule has 5 rings (SSSR count). The van der Waals surface area contributed by atoms with Gasteiger partial charge in [-0.3, -0.25) is 9.59 Å². The Morgan fingerprint density at radius 2 is 1.76 bits per heavy atom. The molecule has 34 heavy (non-hydrogen) atoms. The highest BCUT2D eigenvalue weighted by molar-refractivity contribution is 5.99. The molecule has 2 heterocycles. The van der Waals surface area contributed by atoms with Crippen LogP contribution in [0.15, 0.2) is 82.0 Å². The number of hydrogen-bond donors (Lipinski definition) is 0. The molecule has 1 amide bonds. The minimum absolute atomic E-state index is 0.123. The van der Waals surface area contributed by atoms with Gasteiger partial charge < -0.3 is 14.1 Å². The summed E-state index contributed by atoms with van der Waals surface area (Å²) in [4.78, 5) is 28.9. The van der Waals surface area contributed by atoms with Gasteiger partial charge in [-0.05, 0) is 48.7 Å². The van der Waals surface area contributed by atoms with E-state index in [1.54, 1.807) is 23.1 Å². The summed E-state index contributed by atoms with van der Waals surface area (Å²) in [5, 5.41) is 0.478. The van der Waals surface area contributed by atoms with Gasteiger partial charge in [0.15, 0.2) is 5.43 Å². The summed E-state index contributed by atoms with van der Waals surface area (Å²) in [5.41, 5.74) is 3.61. The van der Waals surface area contributed by atoms with Crippen molar-refractivity contribution >= 4 is 16.9 Å². The Morgan fingerprint density at radius 1 is 0.971 bits per heavy atom. The van der Waals surface area contributed by atoms with E-state index in [-0.39, 0.29) is 17.1 Å². The van der Waals surface area contributed by atoms with Gasteiger partial charge in [-0.1, -0.05) is 67.4 Å². The van der Waals surface area contributed by atoms with Gasteiger partial charge >= 0.3 is 0 Å². The van der Waals surface area contributed by atoms with Gasteiger partial charge in [0.25, 0.3) is 5.91 Å². The number of nitrogens with zero attached hydrogens (tertiary/aromatic N) is 1. The van der Waals surface area contributed by atoms with Crippen LogP contribution in [0.2, 0.25) is 0 Å². The molecule has 5 nitrogen and oxygen atoms in total. The number of aryl methyl sites for hydroxylation is 1. The van der Waals surface area contributed by atoms with E-state index in [9.17, 15) is 9.59 Å². The Morgan fingerprint density at radius 3 is 2.56 bits per heavy atom. The SMILES string of the molecule is CCCCOc1cccc(C2c3c(oc4ccccc4c3=O)C(=O)N2Cc2ccc(C)cc2)c1. The van der Waals surface area contributed by atoms with E-state index in [0.29, 0.717) is 29.7 Å². The van der Waals surface area contributed by atoms with E-state index in [0.717, 1.165) is 35.3 Å². The molecule has 1 unspecified atom stereocenters. The van der Waals surface area contributed by atoms with E-state index < -0.39 is 6.04 Å². The third kappa shape index (κ3) is 3.98. The molecule has 0 radical (unpaired) electrons. The number of carbonyl (C=O) groups excluding carboxylic acids is 1. The maximum Gasteiger partial charge on any atom is 0.291 e. The van der Waals surface area contributed by atoms with Crippen molar-refractivity contribution in [2.24, 2.45) is 0 Å². The van der Waals surface area contributed by atoms with Crippen molar-refractivity contribution in [3.63, 3.8) is 0 Å². The molecule has 0 saturated heterocycles. The molecule has 1 aliphatic rings. The third-order valence-corrected chi connectivity index (χ3v) is 6.29. The van der Waals surface area contributed by atoms with E-state index in [2.05, 4.69) is 6.92 Å². The molecule has 3 aromatic carbocycles. The first-order chi connectivity index (χ1) is 16.6. The second-order valence-corrected chi connectivity index (χ2v) is 8.77. The number of benzene rings is 3. The van der Waals surface area contributed by atoms with Crippen molar-refractivity contribution < 1.29 is 13.9 Å². The van der Waals surface area contributed by atoms with Gasteiger partial charge in [-0.15, -0.1) is 0 Å². The summed E-state index contributed by atoms with van der Waals surface area (Å²) in [6.45, 7) is 5.14. The van der Waals surface area contributed by atoms with Gasteiger partial charge in [0.2, 0.25) is 5.76 Å². The number of fused-ring (bicyclic) bond motifs is 2. The lowest BCUT2D eigenvalue weighted by Gasteiger charge is -2.25. The molecule has 1 aliphatic heterocycles. The number of rotatable bonds is 7. The molecule has 0 aliphatic carbocycles. The van der Waals surface area contributed by atoms with Crippen molar-refractivity contribution in [1.29, 1.82) is 0 Å². The van der Waals surface area contributed by atoms with Gasteiger partial charge in [-0.2, -0.15) is 0 Å². The molecule has 1 atom stereocenters. The quantitative estimate of drug-likeness (QED) is 0.321. The maximum atomic E-state index is 13.6. The average molecular weight is 454 g/mol. The second kappa shape index (κ2) is 9.18. The summed E-state index contributed by atoms with van der Waals surface area (Å²) in [5.74, 6) is 0.575. The van der Waals surface area contributed by atoms with E-state index >= 15 is 0 Å². The predicted molar refractivity (Wildman–Crippen MR) is 132 cm³/mol. The smallest absolute Gasteiger partial charge is 0.291 e. The van der Waals surface area contributed by atoms with Crippen LogP contribution in [-0.4, -0.2) is 17.4 Å². The molecule has 0 bridgehead atoms. The number of carbonyl (C=O) groups is 1. The third-order valence-electron chi connectivity index (χ3n) is 6.29. The van der Waals surface area contributed by atoms with Crippen LogP contribution in [0.4, 0.5) is 0 Å². The molecule has 0 N–H and O–H groups in total. The van der Waals surface area contributed by atoms with Gasteiger partial charge in [-0.25, -0.2) is 0 Å². The molecule has 1 aromatic heterocycles. The topological polar surface area (TPSA) is 59.8 Å². The Hall–Kier alpha value is -3.86. The van der Waals surface area contributed by atoms with Crippen LogP contribution >= 0.6 is 0 Å². The highest BCUT2D eigenvalue weighted by Crippen LogP contribution is 2.40. The Bertz CT molecular complexity index is 1400. The first-order valence-electron chi connectivity index (χ1n) is 11.7. The van der Waals surface area contributed by atoms with Crippen molar-refractivity contribution in [3.8, 4) is 5.75 Å². The molecule has 0 fully saturated rings. The van der Waals surface area contributed by atoms with Crippen molar-refractivity contribution in [1.82, 2.24) is 4.90 Å². The highest BCUT2D eigenvalue weighted by atomic mass is 16.5. The van der Waals surface area contributed by atoms with E-state index in [1.165, 1.54) is 0 Å². The minimum atomic E-state index is -0.556. The highest BCUT2D eigenvalue weighted by Gasteiger charge is 2.42. The van der Waals surface area contributed by atoms with E-state index in [1.807, 2.05) is 61.5 Å². The zero-order valence-corrected chi connectivity index (χ0v) is 19.4. The largest absolute Gasteiger partial charge is 0.494 e. The maximum absolute atomic E-state index is 13.6. The first-order valence-corrected chi connectivity index (χ1v) is 11.7. The van der Waals surface area contributed by atoms with E-state index in [4.69, 9.17) is 9.15 Å². The van der Waals surface area contributed by atoms with Crippen molar-refractivity contribution in [3.05, 3.63) is 111 Å². The normalized spacial score (nSPS) is 15.1. The molecular formula is C29H27NO4. The Kier molecular flexibility index (Phi) is 5.93. The fourth-order valence-electron chi connectivity index (χ4n) is 4.48. The predicted octanol–water partition coefficient (Wildman–Crippen LogP) is 6.03. The van der Waals surface area contributed by atoms with Crippen LogP contribution < -0.4 is 10.2 Å². The number of ether oxygens (including phenoxy) is 1. The van der Waals surface area contributed by atoms with Crippen LogP contribution in [0, 0.1) is 6.92 Å². The summed E-state index contributed by atoms with van der Waals surface area (Å²) in [7, 11) is 0. The summed E-state index contributed by atoms with van der Waals surface area (Å²) in [6, 6.07) is 22.3. The lowest BCUT2D eigenvalue weighted by Crippen LogP contribution is -2.29. The Balaban J connectivity index is 1.63. The van der Waals surface area contributed by atoms with Crippen LogP contribution in [0.1, 0.15) is 58.6 Å². The molecule has 0 saturated carbocycles. The monoisotopic (exact) mass is 453 g/mol.